The summed E-state index contributed by atoms with van der Waals surface area (Å²) in [6.07, 6.45) is 1.72. The van der Waals surface area contributed by atoms with Crippen LogP contribution in [0.25, 0.3) is 0 Å². The molecule has 0 aliphatic carbocycles. The summed E-state index contributed by atoms with van der Waals surface area (Å²) in [5.41, 5.74) is 1.02. The predicted molar refractivity (Wildman–Crippen MR) is 64.9 cm³/mol. The van der Waals surface area contributed by atoms with Crippen molar-refractivity contribution in [2.75, 3.05) is 32.2 Å². The van der Waals surface area contributed by atoms with Gasteiger partial charge >= 0.3 is 0 Å². The molecule has 88 valence electrons. The molecule has 0 aliphatic rings. The first-order valence-electron chi connectivity index (χ1n) is 5.19. The molecular formula is C12H18N2O2. The van der Waals surface area contributed by atoms with Crippen LogP contribution in [-0.2, 0) is 4.74 Å². The van der Waals surface area contributed by atoms with Gasteiger partial charge in [0.15, 0.2) is 11.6 Å². The highest BCUT2D eigenvalue weighted by Gasteiger charge is 2.01. The van der Waals surface area contributed by atoms with Crippen LogP contribution in [0.1, 0.15) is 6.92 Å². The lowest BCUT2D eigenvalue weighted by molar-refractivity contribution is 0.167. The van der Waals surface area contributed by atoms with Crippen LogP contribution >= 0.6 is 0 Å². The maximum Gasteiger partial charge on any atom is 0.168 e. The van der Waals surface area contributed by atoms with Gasteiger partial charge in [0.25, 0.3) is 0 Å². The summed E-state index contributed by atoms with van der Waals surface area (Å²) >= 11 is 0. The molecule has 16 heavy (non-hydrogen) atoms. The smallest absolute Gasteiger partial charge is 0.168 e. The number of nitrogens with one attached hydrogen (secondary N) is 1. The van der Waals surface area contributed by atoms with E-state index in [4.69, 9.17) is 9.47 Å². The summed E-state index contributed by atoms with van der Waals surface area (Å²) in [5.74, 6) is 1.48. The minimum Gasteiger partial charge on any atom is -0.493 e. The molecule has 0 saturated carbocycles. The molecule has 1 heterocycles. The lowest BCUT2D eigenvalue weighted by Gasteiger charge is -2.09. The van der Waals surface area contributed by atoms with Crippen molar-refractivity contribution in [3.63, 3.8) is 0 Å². The second kappa shape index (κ2) is 6.85. The number of hydrogen-bond acceptors (Lipinski definition) is 4. The third-order valence-corrected chi connectivity index (χ3v) is 1.88. The van der Waals surface area contributed by atoms with Gasteiger partial charge in [0.05, 0.1) is 20.3 Å². The molecule has 0 radical (unpaired) electrons. The van der Waals surface area contributed by atoms with E-state index in [0.29, 0.717) is 19.8 Å². The van der Waals surface area contributed by atoms with E-state index in [9.17, 15) is 0 Å². The van der Waals surface area contributed by atoms with Gasteiger partial charge in [-0.05, 0) is 19.1 Å². The Morgan fingerprint density at radius 3 is 3.06 bits per heavy atom. The summed E-state index contributed by atoms with van der Waals surface area (Å²) in [6.45, 7) is 7.61. The van der Waals surface area contributed by atoms with Gasteiger partial charge in [-0.15, -0.1) is 0 Å². The second-order valence-electron chi connectivity index (χ2n) is 3.49. The highest BCUT2D eigenvalue weighted by Crippen LogP contribution is 2.19. The molecule has 0 saturated heterocycles. The van der Waals surface area contributed by atoms with Crippen LogP contribution in [-0.4, -0.2) is 31.9 Å². The Morgan fingerprint density at radius 2 is 2.38 bits per heavy atom. The summed E-state index contributed by atoms with van der Waals surface area (Å²) in [4.78, 5) is 4.17. The fourth-order valence-corrected chi connectivity index (χ4v) is 1.18. The van der Waals surface area contributed by atoms with Crippen LogP contribution in [0, 0.1) is 0 Å². The van der Waals surface area contributed by atoms with Gasteiger partial charge < -0.3 is 14.8 Å². The van der Waals surface area contributed by atoms with E-state index in [1.54, 1.807) is 13.3 Å². The minimum absolute atomic E-state index is 0.598. The Balaban J connectivity index is 2.28. The molecule has 0 amide bonds. The number of nitrogens with zero attached hydrogens (tertiary/aromatic N) is 1. The van der Waals surface area contributed by atoms with Crippen molar-refractivity contribution in [1.82, 2.24) is 4.98 Å². The molecule has 0 bridgehead atoms. The molecule has 0 aromatic carbocycles. The van der Waals surface area contributed by atoms with Gasteiger partial charge in [0.2, 0.25) is 0 Å². The molecule has 4 heteroatoms. The third kappa shape index (κ3) is 4.31. The van der Waals surface area contributed by atoms with E-state index in [-0.39, 0.29) is 0 Å². The summed E-state index contributed by atoms with van der Waals surface area (Å²) < 4.78 is 10.5. The standard InChI is InChI=1S/C12H18N2O2/c1-10(2)9-16-8-7-14-12-11(15-3)5-4-6-13-12/h4-6H,1,7-9H2,2-3H3,(H,13,14). The summed E-state index contributed by atoms with van der Waals surface area (Å²) in [5, 5.41) is 3.15. The Bertz CT molecular complexity index is 340. The fraction of sp³-hybridized carbons (Fsp3) is 0.417. The largest absolute Gasteiger partial charge is 0.493 e. The van der Waals surface area contributed by atoms with Gasteiger partial charge in [-0.3, -0.25) is 0 Å². The zero-order valence-corrected chi connectivity index (χ0v) is 9.82. The average molecular weight is 222 g/mol. The van der Waals surface area contributed by atoms with Crippen molar-refractivity contribution in [2.24, 2.45) is 0 Å². The molecule has 0 aliphatic heterocycles. The van der Waals surface area contributed by atoms with Crippen molar-refractivity contribution in [3.8, 4) is 5.75 Å². The van der Waals surface area contributed by atoms with E-state index in [1.165, 1.54) is 0 Å². The van der Waals surface area contributed by atoms with Crippen LogP contribution in [0.15, 0.2) is 30.5 Å². The quantitative estimate of drug-likeness (QED) is 0.566. The van der Waals surface area contributed by atoms with E-state index < -0.39 is 0 Å². The number of hydrogen-bond donors (Lipinski definition) is 1. The van der Waals surface area contributed by atoms with Crippen molar-refractivity contribution in [1.29, 1.82) is 0 Å². The number of ether oxygens (including phenoxy) is 2. The van der Waals surface area contributed by atoms with Crippen molar-refractivity contribution in [3.05, 3.63) is 30.5 Å². The summed E-state index contributed by atoms with van der Waals surface area (Å²) in [6, 6.07) is 3.70. The van der Waals surface area contributed by atoms with E-state index in [2.05, 4.69) is 16.9 Å². The lowest BCUT2D eigenvalue weighted by atomic mass is 10.4. The predicted octanol–water partition coefficient (Wildman–Crippen LogP) is 2.09. The number of methoxy groups -OCH3 is 1. The minimum atomic E-state index is 0.598. The van der Waals surface area contributed by atoms with E-state index in [1.807, 2.05) is 19.1 Å². The maximum atomic E-state index is 5.36. The first-order chi connectivity index (χ1) is 7.74. The molecular weight excluding hydrogens is 204 g/mol. The molecule has 0 atom stereocenters. The topological polar surface area (TPSA) is 43.4 Å². The Kier molecular flexibility index (Phi) is 5.36. The van der Waals surface area contributed by atoms with Crippen LogP contribution in [0.2, 0.25) is 0 Å². The normalized spacial score (nSPS) is 9.88. The van der Waals surface area contributed by atoms with Crippen LogP contribution < -0.4 is 10.1 Å². The van der Waals surface area contributed by atoms with Crippen molar-refractivity contribution in [2.45, 2.75) is 6.92 Å². The molecule has 0 fully saturated rings. The molecule has 0 spiro atoms. The first-order valence-corrected chi connectivity index (χ1v) is 5.19. The van der Waals surface area contributed by atoms with Gasteiger partial charge in [-0.25, -0.2) is 4.98 Å². The van der Waals surface area contributed by atoms with Gasteiger partial charge in [0, 0.05) is 12.7 Å². The highest BCUT2D eigenvalue weighted by molar-refractivity contribution is 5.49. The van der Waals surface area contributed by atoms with E-state index >= 15 is 0 Å². The molecule has 1 rings (SSSR count). The first kappa shape index (κ1) is 12.5. The number of pyridine rings is 1. The van der Waals surface area contributed by atoms with Gasteiger partial charge in [0.1, 0.15) is 0 Å². The second-order valence-corrected chi connectivity index (χ2v) is 3.49. The maximum absolute atomic E-state index is 5.36. The van der Waals surface area contributed by atoms with Crippen LogP contribution in [0.3, 0.4) is 0 Å². The van der Waals surface area contributed by atoms with Crippen molar-refractivity contribution < 1.29 is 9.47 Å². The van der Waals surface area contributed by atoms with Gasteiger partial charge in [-0.2, -0.15) is 0 Å². The zero-order chi connectivity index (χ0) is 11.8. The average Bonchev–Trinajstić information content (AvgIpc) is 2.29. The summed E-state index contributed by atoms with van der Waals surface area (Å²) in [7, 11) is 1.62. The van der Waals surface area contributed by atoms with Crippen LogP contribution in [0.4, 0.5) is 5.82 Å². The highest BCUT2D eigenvalue weighted by atomic mass is 16.5. The monoisotopic (exact) mass is 222 g/mol. The molecule has 1 aromatic heterocycles. The number of aromatic nitrogens is 1. The lowest BCUT2D eigenvalue weighted by Crippen LogP contribution is -2.11. The molecule has 1 N–H and O–H groups in total. The zero-order valence-electron chi connectivity index (χ0n) is 9.82. The Hall–Kier alpha value is -1.55. The van der Waals surface area contributed by atoms with Crippen molar-refractivity contribution >= 4 is 5.82 Å². The molecule has 0 unspecified atom stereocenters. The van der Waals surface area contributed by atoms with Crippen LogP contribution in [0.5, 0.6) is 5.75 Å². The van der Waals surface area contributed by atoms with Gasteiger partial charge in [-0.1, -0.05) is 12.2 Å². The number of anilines is 1. The fourth-order valence-electron chi connectivity index (χ4n) is 1.18. The van der Waals surface area contributed by atoms with E-state index in [0.717, 1.165) is 17.1 Å². The molecule has 4 nitrogen and oxygen atoms in total. The Labute approximate surface area is 96.3 Å². The number of rotatable bonds is 7. The molecule has 1 aromatic rings. The SMILES string of the molecule is C=C(C)COCCNc1ncccc1OC. The Morgan fingerprint density at radius 1 is 1.56 bits per heavy atom. The third-order valence-electron chi connectivity index (χ3n) is 1.88.